The molecule has 254 valence electrons. The lowest BCUT2D eigenvalue weighted by molar-refractivity contribution is -0.153. The van der Waals surface area contributed by atoms with Gasteiger partial charge in [0, 0.05) is 56.6 Å². The van der Waals surface area contributed by atoms with E-state index < -0.39 is 24.7 Å². The fourth-order valence-electron chi connectivity index (χ4n) is 5.19. The molecule has 0 unspecified atom stereocenters. The Morgan fingerprint density at radius 3 is 2.02 bits per heavy atom. The van der Waals surface area contributed by atoms with E-state index in [0.717, 1.165) is 16.7 Å². The molecule has 2 heterocycles. The number of ether oxygens (including phenoxy) is 1. The zero-order valence-electron chi connectivity index (χ0n) is 26.5. The number of halogens is 3. The number of anilines is 1. The number of aliphatic carboxylic acids is 2. The molecule has 1 aromatic heterocycles. The monoisotopic (exact) mass is 660 g/mol. The van der Waals surface area contributed by atoms with Crippen LogP contribution in [0, 0.1) is 20.8 Å². The molecule has 1 saturated heterocycles. The van der Waals surface area contributed by atoms with Crippen LogP contribution in [-0.4, -0.2) is 81.7 Å². The molecule has 0 aliphatic carbocycles. The summed E-state index contributed by atoms with van der Waals surface area (Å²) in [5.41, 5.74) is 3.88. The molecule has 1 aliphatic rings. The molecule has 2 N–H and O–H groups in total. The van der Waals surface area contributed by atoms with Gasteiger partial charge in [-0.2, -0.15) is 13.2 Å². The third-order valence-corrected chi connectivity index (χ3v) is 7.58. The predicted molar refractivity (Wildman–Crippen MR) is 170 cm³/mol. The topological polar surface area (TPSA) is 134 Å². The van der Waals surface area contributed by atoms with Crippen LogP contribution in [0.1, 0.15) is 28.7 Å². The second kappa shape index (κ2) is 16.6. The van der Waals surface area contributed by atoms with Crippen molar-refractivity contribution in [1.82, 2.24) is 14.0 Å². The summed E-state index contributed by atoms with van der Waals surface area (Å²) in [6.07, 6.45) is -1.01. The Hall–Kier alpha value is -4.85. The van der Waals surface area contributed by atoms with Crippen molar-refractivity contribution >= 4 is 17.6 Å². The molecule has 1 fully saturated rings. The lowest BCUT2D eigenvalue weighted by Crippen LogP contribution is -2.47. The van der Waals surface area contributed by atoms with Crippen LogP contribution in [0.2, 0.25) is 0 Å². The second-order valence-electron chi connectivity index (χ2n) is 11.1. The Kier molecular flexibility index (Phi) is 13.0. The number of carboxylic acids is 2. The number of hydrogen-bond acceptors (Lipinski definition) is 7. The number of benzene rings is 2. The van der Waals surface area contributed by atoms with E-state index in [-0.39, 0.29) is 17.0 Å². The lowest BCUT2D eigenvalue weighted by Gasteiger charge is -2.36. The van der Waals surface area contributed by atoms with Crippen molar-refractivity contribution in [3.05, 3.63) is 104 Å². The van der Waals surface area contributed by atoms with Crippen molar-refractivity contribution in [1.29, 1.82) is 0 Å². The Balaban J connectivity index is 0.000000665. The number of alkyl halides is 3. The van der Waals surface area contributed by atoms with E-state index in [1.54, 1.807) is 42.0 Å². The number of aryl methyl sites for hydroxylation is 3. The average Bonchev–Trinajstić information content (AvgIpc) is 3.01. The smallest absolute Gasteiger partial charge is 0.422 e. The molecule has 4 rings (SSSR count). The van der Waals surface area contributed by atoms with Crippen molar-refractivity contribution in [2.24, 2.45) is 0 Å². The number of carbonyl (C=O) groups is 2. The number of para-hydroxylation sites is 2. The van der Waals surface area contributed by atoms with Crippen molar-refractivity contribution in [2.75, 3.05) is 44.2 Å². The van der Waals surface area contributed by atoms with Crippen molar-refractivity contribution < 1.29 is 37.7 Å². The fourth-order valence-corrected chi connectivity index (χ4v) is 5.19. The summed E-state index contributed by atoms with van der Waals surface area (Å²) >= 11 is 0. The highest BCUT2D eigenvalue weighted by molar-refractivity contribution is 5.89. The molecule has 0 amide bonds. The minimum absolute atomic E-state index is 0.222. The summed E-state index contributed by atoms with van der Waals surface area (Å²) in [7, 11) is 0. The van der Waals surface area contributed by atoms with E-state index in [1.165, 1.54) is 4.57 Å². The Morgan fingerprint density at radius 2 is 1.45 bits per heavy atom. The minimum Gasteiger partial charge on any atom is -0.482 e. The number of hydrogen-bond donors (Lipinski definition) is 2. The molecule has 14 heteroatoms. The van der Waals surface area contributed by atoms with E-state index in [0.29, 0.717) is 75.6 Å². The zero-order valence-corrected chi connectivity index (χ0v) is 26.5. The Labute approximate surface area is 269 Å². The van der Waals surface area contributed by atoms with Crippen LogP contribution in [0.4, 0.5) is 18.9 Å². The largest absolute Gasteiger partial charge is 0.482 e. The molecule has 3 aromatic rings. The molecular weight excluding hydrogens is 621 g/mol. The first kappa shape index (κ1) is 36.6. The maximum atomic E-state index is 13.2. The van der Waals surface area contributed by atoms with Crippen molar-refractivity contribution in [2.45, 2.75) is 46.5 Å². The van der Waals surface area contributed by atoms with E-state index in [2.05, 4.69) is 4.90 Å². The molecule has 0 bridgehead atoms. The number of piperazine rings is 1. The third kappa shape index (κ3) is 11.2. The Bertz CT molecular complexity index is 1650. The van der Waals surface area contributed by atoms with Gasteiger partial charge >= 0.3 is 23.8 Å². The van der Waals surface area contributed by atoms with Crippen LogP contribution in [-0.2, 0) is 22.7 Å². The van der Waals surface area contributed by atoms with Gasteiger partial charge in [-0.1, -0.05) is 30.3 Å². The number of aromatic nitrogens is 2. The summed E-state index contributed by atoms with van der Waals surface area (Å²) in [6.45, 7) is 8.59. The van der Waals surface area contributed by atoms with Gasteiger partial charge in [-0.15, -0.1) is 0 Å². The molecular formula is C33H39F3N4O7. The van der Waals surface area contributed by atoms with E-state index in [9.17, 15) is 32.3 Å². The first-order valence-corrected chi connectivity index (χ1v) is 14.9. The molecule has 0 spiro atoms. The van der Waals surface area contributed by atoms with Crippen molar-refractivity contribution in [3.8, 4) is 5.75 Å². The second-order valence-corrected chi connectivity index (χ2v) is 11.1. The summed E-state index contributed by atoms with van der Waals surface area (Å²) in [5.74, 6) is -2.29. The summed E-state index contributed by atoms with van der Waals surface area (Å²) in [6, 6.07) is 12.8. The van der Waals surface area contributed by atoms with Crippen LogP contribution < -0.4 is 20.9 Å². The standard InChI is InChI=1S/C29H35F3N4O3.C4H4O4/c1-21-8-6-9-22(2)24(21)19-35-18-23(3)27(37)36(28(35)38)13-7-12-33-14-16-34(17-15-33)25-10-4-5-11-26(25)39-20-29(30,31)32;5-3(6)1-2-4(7)8/h4-6,8-11,18H,7,12-17,19-20H2,1-3H3;1-2H,(H,5,6)(H,7,8)/b;2-1+. The number of rotatable bonds is 11. The summed E-state index contributed by atoms with van der Waals surface area (Å²) in [4.78, 5) is 49.4. The molecule has 0 radical (unpaired) electrons. The number of nitrogens with zero attached hydrogens (tertiary/aromatic N) is 4. The van der Waals surface area contributed by atoms with Crippen molar-refractivity contribution in [3.63, 3.8) is 0 Å². The molecule has 11 nitrogen and oxygen atoms in total. The van der Waals surface area contributed by atoms with E-state index >= 15 is 0 Å². The summed E-state index contributed by atoms with van der Waals surface area (Å²) in [5, 5.41) is 15.6. The van der Waals surface area contributed by atoms with Crippen LogP contribution in [0.25, 0.3) is 0 Å². The highest BCUT2D eigenvalue weighted by atomic mass is 19.4. The highest BCUT2D eigenvalue weighted by Crippen LogP contribution is 2.30. The summed E-state index contributed by atoms with van der Waals surface area (Å²) < 4.78 is 45.9. The van der Waals surface area contributed by atoms with Crippen LogP contribution in [0.15, 0.2) is 70.4 Å². The van der Waals surface area contributed by atoms with Gasteiger partial charge in [0.25, 0.3) is 5.56 Å². The molecule has 47 heavy (non-hydrogen) atoms. The van der Waals surface area contributed by atoms with E-state index in [1.807, 2.05) is 36.9 Å². The van der Waals surface area contributed by atoms with Gasteiger partial charge in [-0.25, -0.2) is 14.4 Å². The normalized spacial score (nSPS) is 13.7. The Morgan fingerprint density at radius 1 is 0.851 bits per heavy atom. The van der Waals surface area contributed by atoms with Crippen LogP contribution in [0.3, 0.4) is 0 Å². The van der Waals surface area contributed by atoms with Gasteiger partial charge in [-0.3, -0.25) is 18.8 Å². The molecule has 2 aromatic carbocycles. The first-order chi connectivity index (χ1) is 22.2. The fraction of sp³-hybridized carbons (Fsp3) is 0.394. The first-order valence-electron chi connectivity index (χ1n) is 14.9. The predicted octanol–water partition coefficient (Wildman–Crippen LogP) is 3.85. The lowest BCUT2D eigenvalue weighted by atomic mass is 10.0. The van der Waals surface area contributed by atoms with Gasteiger partial charge in [0.1, 0.15) is 5.75 Å². The zero-order chi connectivity index (χ0) is 34.7. The molecule has 1 aliphatic heterocycles. The van der Waals surface area contributed by atoms with Gasteiger partial charge in [0.05, 0.1) is 12.2 Å². The van der Waals surface area contributed by atoms with Gasteiger partial charge < -0.3 is 19.8 Å². The number of carboxylic acid groups (broad SMARTS) is 2. The minimum atomic E-state index is -4.40. The maximum absolute atomic E-state index is 13.2. The van der Waals surface area contributed by atoms with Crippen LogP contribution in [0.5, 0.6) is 5.75 Å². The molecule has 0 saturated carbocycles. The SMILES string of the molecule is Cc1cccc(C)c1Cn1cc(C)c(=O)n(CCCN2CCN(c3ccccc3OCC(F)(F)F)CC2)c1=O.O=C(O)/C=C/C(=O)O. The third-order valence-electron chi connectivity index (χ3n) is 7.58. The quantitative estimate of drug-likeness (QED) is 0.294. The average molecular weight is 661 g/mol. The molecule has 0 atom stereocenters. The van der Waals surface area contributed by atoms with Crippen LogP contribution >= 0.6 is 0 Å². The van der Waals surface area contributed by atoms with Gasteiger partial charge in [-0.05, 0) is 62.6 Å². The van der Waals surface area contributed by atoms with E-state index in [4.69, 9.17) is 14.9 Å². The van der Waals surface area contributed by atoms with Gasteiger partial charge in [0.15, 0.2) is 6.61 Å². The maximum Gasteiger partial charge on any atom is 0.422 e. The highest BCUT2D eigenvalue weighted by Gasteiger charge is 2.29. The van der Waals surface area contributed by atoms with Gasteiger partial charge in [0.2, 0.25) is 0 Å².